The lowest BCUT2D eigenvalue weighted by molar-refractivity contribution is -0.190. The number of fused-ring (bicyclic) bond motifs is 4. The third-order valence-corrected chi connectivity index (χ3v) is 5.80. The number of aliphatic hydroxyl groups excluding tert-OH is 1. The molecule has 3 aromatic rings. The highest BCUT2D eigenvalue weighted by Gasteiger charge is 2.42. The summed E-state index contributed by atoms with van der Waals surface area (Å²) in [6.07, 6.45) is -0.00652. The molecule has 3 heterocycles. The molecule has 1 atom stereocenters. The number of carbonyl (C=O) groups excluding carboxylic acids is 1. The molecule has 1 unspecified atom stereocenters. The first-order valence-corrected chi connectivity index (χ1v) is 9.67. The van der Waals surface area contributed by atoms with Crippen molar-refractivity contribution >= 4 is 16.8 Å². The largest absolute Gasteiger partial charge is 0.391 e. The molecule has 0 saturated heterocycles. The minimum absolute atomic E-state index is 0.00652. The van der Waals surface area contributed by atoms with Gasteiger partial charge >= 0.3 is 0 Å². The number of aliphatic hydroxyl groups is 2. The predicted octanol–water partition coefficient (Wildman–Crippen LogP) is 1.53. The van der Waals surface area contributed by atoms with Crippen LogP contribution in [0.4, 0.5) is 0 Å². The Morgan fingerprint density at radius 3 is 2.73 bits per heavy atom. The second-order valence-corrected chi connectivity index (χ2v) is 7.36. The Morgan fingerprint density at radius 1 is 1.33 bits per heavy atom. The van der Waals surface area contributed by atoms with E-state index in [1.54, 1.807) is 13.0 Å². The molecular formula is C22H23N3O5. The van der Waals surface area contributed by atoms with Gasteiger partial charge in [0, 0.05) is 29.1 Å². The summed E-state index contributed by atoms with van der Waals surface area (Å²) in [6.45, 7) is 1.34. The van der Waals surface area contributed by atoms with E-state index in [1.165, 1.54) is 18.7 Å². The number of hydroxylamine groups is 2. The zero-order valence-corrected chi connectivity index (χ0v) is 17.0. The first-order chi connectivity index (χ1) is 14.3. The molecule has 1 aliphatic heterocycles. The standard InChI is InChI=1S/C22H23N3O5/c1-4-22(29,21(28)24(2)30-3)16-10-18-19-14(11-25(18)20(27)15(16)12-26)9-13-7-5-6-8-17(13)23-19/h5-10,26,29H,4,11-12H2,1-3H3. The highest BCUT2D eigenvalue weighted by Crippen LogP contribution is 2.36. The van der Waals surface area contributed by atoms with Crippen LogP contribution in [0.15, 0.2) is 41.2 Å². The SMILES string of the molecule is CCC(O)(C(=O)N(C)OC)c1cc2n(c(=O)c1CO)Cc1cc3ccccc3nc1-2. The van der Waals surface area contributed by atoms with Crippen LogP contribution in [0.2, 0.25) is 0 Å². The second kappa shape index (κ2) is 7.32. The van der Waals surface area contributed by atoms with E-state index in [9.17, 15) is 19.8 Å². The highest BCUT2D eigenvalue weighted by molar-refractivity contribution is 5.87. The fraction of sp³-hybridized carbons (Fsp3) is 0.318. The van der Waals surface area contributed by atoms with Crippen LogP contribution >= 0.6 is 0 Å². The number of benzene rings is 1. The molecule has 0 spiro atoms. The summed E-state index contributed by atoms with van der Waals surface area (Å²) in [5, 5.41) is 23.1. The maximum absolute atomic E-state index is 13.2. The van der Waals surface area contributed by atoms with E-state index in [0.29, 0.717) is 17.9 Å². The molecule has 4 rings (SSSR count). The molecule has 2 aromatic heterocycles. The lowest BCUT2D eigenvalue weighted by atomic mass is 9.86. The van der Waals surface area contributed by atoms with Crippen molar-refractivity contribution in [2.45, 2.75) is 32.1 Å². The predicted molar refractivity (Wildman–Crippen MR) is 110 cm³/mol. The van der Waals surface area contributed by atoms with Crippen molar-refractivity contribution in [3.05, 3.63) is 63.4 Å². The van der Waals surface area contributed by atoms with Gasteiger partial charge in [0.25, 0.3) is 11.5 Å². The van der Waals surface area contributed by atoms with Crippen molar-refractivity contribution in [3.63, 3.8) is 0 Å². The number of pyridine rings is 2. The first-order valence-electron chi connectivity index (χ1n) is 9.67. The molecule has 0 fully saturated rings. The monoisotopic (exact) mass is 409 g/mol. The number of rotatable bonds is 5. The van der Waals surface area contributed by atoms with Gasteiger partial charge < -0.3 is 14.8 Å². The number of amides is 1. The molecule has 1 aliphatic rings. The molecule has 1 aromatic carbocycles. The minimum atomic E-state index is -2.03. The van der Waals surface area contributed by atoms with Crippen molar-refractivity contribution in [2.24, 2.45) is 0 Å². The van der Waals surface area contributed by atoms with Crippen LogP contribution in [0, 0.1) is 0 Å². The van der Waals surface area contributed by atoms with Crippen LogP contribution in [0.5, 0.6) is 0 Å². The van der Waals surface area contributed by atoms with Crippen LogP contribution in [0.1, 0.15) is 30.0 Å². The molecule has 0 radical (unpaired) electrons. The summed E-state index contributed by atoms with van der Waals surface area (Å²) in [6, 6.07) is 11.2. The van der Waals surface area contributed by atoms with Crippen LogP contribution in [0.3, 0.4) is 0 Å². The van der Waals surface area contributed by atoms with Crippen LogP contribution < -0.4 is 5.56 Å². The van der Waals surface area contributed by atoms with Crippen molar-refractivity contribution in [2.75, 3.05) is 14.2 Å². The zero-order valence-electron chi connectivity index (χ0n) is 17.0. The molecule has 1 amide bonds. The zero-order chi connectivity index (χ0) is 21.6. The number of para-hydroxylation sites is 1. The number of likely N-dealkylation sites (N-methyl/N-ethyl adjacent to an activating group) is 1. The van der Waals surface area contributed by atoms with Gasteiger partial charge in [-0.25, -0.2) is 10.0 Å². The average molecular weight is 409 g/mol. The van der Waals surface area contributed by atoms with Gasteiger partial charge in [0.05, 0.1) is 37.2 Å². The summed E-state index contributed by atoms with van der Waals surface area (Å²) in [5.41, 5.74) is 0.357. The summed E-state index contributed by atoms with van der Waals surface area (Å²) in [4.78, 5) is 35.7. The van der Waals surface area contributed by atoms with Gasteiger partial charge in [-0.2, -0.15) is 0 Å². The van der Waals surface area contributed by atoms with E-state index in [2.05, 4.69) is 0 Å². The van der Waals surface area contributed by atoms with E-state index in [-0.39, 0.29) is 17.5 Å². The maximum Gasteiger partial charge on any atom is 0.282 e. The van der Waals surface area contributed by atoms with E-state index >= 15 is 0 Å². The van der Waals surface area contributed by atoms with Gasteiger partial charge in [0.15, 0.2) is 5.60 Å². The first kappa shape index (κ1) is 20.2. The van der Waals surface area contributed by atoms with Crippen LogP contribution in [0.25, 0.3) is 22.3 Å². The molecule has 30 heavy (non-hydrogen) atoms. The topological polar surface area (TPSA) is 105 Å². The Kier molecular flexibility index (Phi) is 4.93. The normalized spacial score (nSPS) is 14.3. The van der Waals surface area contributed by atoms with Crippen molar-refractivity contribution in [3.8, 4) is 11.4 Å². The maximum atomic E-state index is 13.2. The van der Waals surface area contributed by atoms with E-state index < -0.39 is 23.7 Å². The lowest BCUT2D eigenvalue weighted by Gasteiger charge is -2.31. The van der Waals surface area contributed by atoms with Gasteiger partial charge in [-0.1, -0.05) is 25.1 Å². The molecule has 8 nitrogen and oxygen atoms in total. The Labute approximate surface area is 172 Å². The Morgan fingerprint density at radius 2 is 2.07 bits per heavy atom. The third kappa shape index (κ3) is 2.84. The minimum Gasteiger partial charge on any atom is -0.391 e. The summed E-state index contributed by atoms with van der Waals surface area (Å²) in [5.74, 6) is -0.726. The summed E-state index contributed by atoms with van der Waals surface area (Å²) >= 11 is 0. The highest BCUT2D eigenvalue weighted by atomic mass is 16.7. The lowest BCUT2D eigenvalue weighted by Crippen LogP contribution is -2.46. The van der Waals surface area contributed by atoms with Gasteiger partial charge in [-0.3, -0.25) is 14.4 Å². The fourth-order valence-electron chi connectivity index (χ4n) is 4.04. The number of carbonyl (C=O) groups is 1. The van der Waals surface area contributed by atoms with Gasteiger partial charge in [-0.15, -0.1) is 0 Å². The van der Waals surface area contributed by atoms with Crippen molar-refractivity contribution < 1.29 is 19.8 Å². The van der Waals surface area contributed by atoms with Gasteiger partial charge in [0.1, 0.15) is 0 Å². The number of aromatic nitrogens is 2. The fourth-order valence-corrected chi connectivity index (χ4v) is 4.04. The molecule has 0 aliphatic carbocycles. The second-order valence-electron chi connectivity index (χ2n) is 7.36. The number of hydrogen-bond acceptors (Lipinski definition) is 6. The van der Waals surface area contributed by atoms with Crippen molar-refractivity contribution in [1.29, 1.82) is 0 Å². The Hall–Kier alpha value is -3.07. The van der Waals surface area contributed by atoms with Gasteiger partial charge in [0.2, 0.25) is 0 Å². The Balaban J connectivity index is 1.98. The summed E-state index contributed by atoms with van der Waals surface area (Å²) in [7, 11) is 2.69. The van der Waals surface area contributed by atoms with Gasteiger partial charge in [-0.05, 0) is 24.6 Å². The number of nitrogens with zero attached hydrogens (tertiary/aromatic N) is 3. The smallest absolute Gasteiger partial charge is 0.282 e. The van der Waals surface area contributed by atoms with Crippen LogP contribution in [-0.2, 0) is 28.4 Å². The Bertz CT molecular complexity index is 1220. The molecule has 0 saturated carbocycles. The van der Waals surface area contributed by atoms with Crippen molar-refractivity contribution in [1.82, 2.24) is 14.6 Å². The average Bonchev–Trinajstić information content (AvgIpc) is 3.13. The molecule has 2 N–H and O–H groups in total. The van der Waals surface area contributed by atoms with E-state index in [1.807, 2.05) is 30.3 Å². The summed E-state index contributed by atoms with van der Waals surface area (Å²) < 4.78 is 1.52. The molecule has 8 heteroatoms. The van der Waals surface area contributed by atoms with E-state index in [0.717, 1.165) is 21.5 Å². The molecule has 156 valence electrons. The number of hydrogen-bond donors (Lipinski definition) is 2. The third-order valence-electron chi connectivity index (χ3n) is 5.80. The molecule has 0 bridgehead atoms. The molecular weight excluding hydrogens is 386 g/mol. The van der Waals surface area contributed by atoms with Crippen LogP contribution in [-0.4, -0.2) is 44.9 Å². The quantitative estimate of drug-likeness (QED) is 0.485. The van der Waals surface area contributed by atoms with E-state index in [4.69, 9.17) is 9.82 Å².